The van der Waals surface area contributed by atoms with Gasteiger partial charge in [0.2, 0.25) is 0 Å². The largest absolute Gasteiger partial charge is 0.329 e. The number of aromatic amines is 1. The molecule has 29 heavy (non-hydrogen) atoms. The summed E-state index contributed by atoms with van der Waals surface area (Å²) in [4.78, 5) is 28.4. The van der Waals surface area contributed by atoms with Gasteiger partial charge in [-0.3, -0.25) is 14.5 Å². The highest BCUT2D eigenvalue weighted by Crippen LogP contribution is 2.24. The summed E-state index contributed by atoms with van der Waals surface area (Å²) >= 11 is 0. The van der Waals surface area contributed by atoms with Crippen LogP contribution >= 0.6 is 0 Å². The van der Waals surface area contributed by atoms with Gasteiger partial charge in [0.1, 0.15) is 0 Å². The lowest BCUT2D eigenvalue weighted by Crippen LogP contribution is -2.17. The molecule has 3 heterocycles. The van der Waals surface area contributed by atoms with E-state index in [1.54, 1.807) is 23.2 Å². The zero-order valence-corrected chi connectivity index (χ0v) is 15.5. The standard InChI is InChI=1S/C23H17N5O/c29-23-27-21-22(28(23)15-16-5-4-12-24-13-16)26-20(14-25-21)19-10-8-18(9-11-19)17-6-2-1-3-7-17/h1-14H,15H2,(H,25,27,29). The van der Waals surface area contributed by atoms with Crippen LogP contribution < -0.4 is 5.69 Å². The number of H-pyrrole nitrogens is 1. The summed E-state index contributed by atoms with van der Waals surface area (Å²) in [5, 5.41) is 0. The Bertz CT molecular complexity index is 1320. The lowest BCUT2D eigenvalue weighted by molar-refractivity contribution is 0.775. The van der Waals surface area contributed by atoms with Gasteiger partial charge < -0.3 is 0 Å². The van der Waals surface area contributed by atoms with Crippen LogP contribution in [0.2, 0.25) is 0 Å². The van der Waals surface area contributed by atoms with E-state index < -0.39 is 0 Å². The Morgan fingerprint density at radius 3 is 2.34 bits per heavy atom. The van der Waals surface area contributed by atoms with Gasteiger partial charge in [0.25, 0.3) is 0 Å². The Balaban J connectivity index is 1.53. The minimum absolute atomic E-state index is 0.236. The summed E-state index contributed by atoms with van der Waals surface area (Å²) in [5.74, 6) is 0. The predicted molar refractivity (Wildman–Crippen MR) is 112 cm³/mol. The smallest absolute Gasteiger partial charge is 0.289 e. The summed E-state index contributed by atoms with van der Waals surface area (Å²) in [6, 6.07) is 22.2. The molecule has 140 valence electrons. The van der Waals surface area contributed by atoms with Crippen LogP contribution in [-0.2, 0) is 6.54 Å². The third-order valence-corrected chi connectivity index (χ3v) is 4.83. The second-order valence-electron chi connectivity index (χ2n) is 6.75. The number of imidazole rings is 1. The molecular weight excluding hydrogens is 362 g/mol. The Labute approximate surface area is 166 Å². The van der Waals surface area contributed by atoms with Crippen molar-refractivity contribution in [2.75, 3.05) is 0 Å². The van der Waals surface area contributed by atoms with Crippen LogP contribution in [0, 0.1) is 0 Å². The zero-order chi connectivity index (χ0) is 19.6. The monoisotopic (exact) mass is 379 g/mol. The van der Waals surface area contributed by atoms with Crippen LogP contribution in [0.5, 0.6) is 0 Å². The summed E-state index contributed by atoms with van der Waals surface area (Å²) < 4.78 is 1.58. The van der Waals surface area contributed by atoms with Crippen LogP contribution in [0.1, 0.15) is 5.56 Å². The molecule has 0 aliphatic carbocycles. The summed E-state index contributed by atoms with van der Waals surface area (Å²) in [6.45, 7) is 0.387. The van der Waals surface area contributed by atoms with E-state index in [9.17, 15) is 4.79 Å². The molecule has 6 heteroatoms. The van der Waals surface area contributed by atoms with Gasteiger partial charge >= 0.3 is 5.69 Å². The van der Waals surface area contributed by atoms with E-state index in [-0.39, 0.29) is 5.69 Å². The molecule has 0 spiro atoms. The molecule has 0 unspecified atom stereocenters. The summed E-state index contributed by atoms with van der Waals surface area (Å²) in [5.41, 5.74) is 5.66. The van der Waals surface area contributed by atoms with Gasteiger partial charge in [-0.05, 0) is 22.8 Å². The fraction of sp³-hybridized carbons (Fsp3) is 0.0435. The highest BCUT2D eigenvalue weighted by atomic mass is 16.1. The molecule has 0 atom stereocenters. The van der Waals surface area contributed by atoms with Crippen molar-refractivity contribution in [3.05, 3.63) is 101 Å². The van der Waals surface area contributed by atoms with Gasteiger partial charge in [-0.25, -0.2) is 14.8 Å². The van der Waals surface area contributed by atoms with Crippen LogP contribution in [0.3, 0.4) is 0 Å². The number of nitrogens with zero attached hydrogens (tertiary/aromatic N) is 4. The molecule has 6 nitrogen and oxygen atoms in total. The number of pyridine rings is 1. The fourth-order valence-electron chi connectivity index (χ4n) is 3.34. The quantitative estimate of drug-likeness (QED) is 0.514. The summed E-state index contributed by atoms with van der Waals surface area (Å²) in [7, 11) is 0. The number of benzene rings is 2. The molecule has 0 aliphatic heterocycles. The third-order valence-electron chi connectivity index (χ3n) is 4.83. The Morgan fingerprint density at radius 2 is 1.59 bits per heavy atom. The van der Waals surface area contributed by atoms with Gasteiger partial charge in [-0.1, -0.05) is 60.7 Å². The second kappa shape index (κ2) is 7.16. The van der Waals surface area contributed by atoms with Crippen molar-refractivity contribution >= 4 is 11.3 Å². The first-order valence-corrected chi connectivity index (χ1v) is 9.28. The average molecular weight is 379 g/mol. The van der Waals surface area contributed by atoms with Crippen molar-refractivity contribution in [1.29, 1.82) is 0 Å². The van der Waals surface area contributed by atoms with Gasteiger partial charge in [0, 0.05) is 18.0 Å². The highest BCUT2D eigenvalue weighted by Gasteiger charge is 2.12. The molecule has 5 rings (SSSR count). The molecule has 1 N–H and O–H groups in total. The topological polar surface area (TPSA) is 76.5 Å². The molecule has 0 saturated carbocycles. The van der Waals surface area contributed by atoms with Crippen molar-refractivity contribution in [2.45, 2.75) is 6.54 Å². The summed E-state index contributed by atoms with van der Waals surface area (Å²) in [6.07, 6.45) is 5.13. The van der Waals surface area contributed by atoms with Crippen LogP contribution in [-0.4, -0.2) is 24.5 Å². The maximum absolute atomic E-state index is 12.4. The first-order chi connectivity index (χ1) is 14.3. The number of aromatic nitrogens is 5. The normalized spacial score (nSPS) is 11.0. The van der Waals surface area contributed by atoms with Crippen LogP contribution in [0.25, 0.3) is 33.7 Å². The molecule has 5 aromatic rings. The molecule has 0 aliphatic rings. The van der Waals surface area contributed by atoms with E-state index in [1.165, 1.54) is 0 Å². The van der Waals surface area contributed by atoms with Gasteiger partial charge in [-0.15, -0.1) is 0 Å². The van der Waals surface area contributed by atoms with E-state index in [0.29, 0.717) is 17.8 Å². The van der Waals surface area contributed by atoms with E-state index in [4.69, 9.17) is 4.98 Å². The Hall–Kier alpha value is -4.06. The first-order valence-electron chi connectivity index (χ1n) is 9.28. The number of fused-ring (bicyclic) bond motifs is 1. The molecule has 3 aromatic heterocycles. The SMILES string of the molecule is O=c1[nH]c2ncc(-c3ccc(-c4ccccc4)cc3)nc2n1Cc1cccnc1. The van der Waals surface area contributed by atoms with Crippen molar-refractivity contribution in [2.24, 2.45) is 0 Å². The first kappa shape index (κ1) is 17.1. The van der Waals surface area contributed by atoms with Gasteiger partial charge in [0.05, 0.1) is 18.4 Å². The Morgan fingerprint density at radius 1 is 0.828 bits per heavy atom. The van der Waals surface area contributed by atoms with Crippen molar-refractivity contribution < 1.29 is 0 Å². The van der Waals surface area contributed by atoms with Gasteiger partial charge in [-0.2, -0.15) is 0 Å². The average Bonchev–Trinajstić information content (AvgIpc) is 3.09. The van der Waals surface area contributed by atoms with E-state index in [2.05, 4.69) is 39.2 Å². The van der Waals surface area contributed by atoms with Crippen molar-refractivity contribution in [3.63, 3.8) is 0 Å². The van der Waals surface area contributed by atoms with Crippen molar-refractivity contribution in [1.82, 2.24) is 24.5 Å². The van der Waals surface area contributed by atoms with Gasteiger partial charge in [0.15, 0.2) is 11.3 Å². The molecule has 0 radical (unpaired) electrons. The molecule has 2 aromatic carbocycles. The van der Waals surface area contributed by atoms with Crippen LogP contribution in [0.15, 0.2) is 90.1 Å². The molecular formula is C23H17N5O. The highest BCUT2D eigenvalue weighted by molar-refractivity contribution is 5.73. The fourth-order valence-corrected chi connectivity index (χ4v) is 3.34. The maximum Gasteiger partial charge on any atom is 0.329 e. The minimum Gasteiger partial charge on any atom is -0.289 e. The predicted octanol–water partition coefficient (Wildman–Crippen LogP) is 3.90. The van der Waals surface area contributed by atoms with Crippen molar-refractivity contribution in [3.8, 4) is 22.4 Å². The van der Waals surface area contributed by atoms with E-state index >= 15 is 0 Å². The number of hydrogen-bond donors (Lipinski definition) is 1. The molecule has 0 bridgehead atoms. The second-order valence-corrected chi connectivity index (χ2v) is 6.75. The third kappa shape index (κ3) is 3.32. The molecule has 0 fully saturated rings. The Kier molecular flexibility index (Phi) is 4.22. The lowest BCUT2D eigenvalue weighted by atomic mass is 10.0. The number of hydrogen-bond acceptors (Lipinski definition) is 4. The lowest BCUT2D eigenvalue weighted by Gasteiger charge is -2.06. The molecule has 0 saturated heterocycles. The van der Waals surface area contributed by atoms with E-state index in [0.717, 1.165) is 27.9 Å². The number of nitrogens with one attached hydrogen (secondary N) is 1. The number of rotatable bonds is 4. The molecule has 0 amide bonds. The zero-order valence-electron chi connectivity index (χ0n) is 15.5. The minimum atomic E-state index is -0.236. The maximum atomic E-state index is 12.4. The van der Waals surface area contributed by atoms with Crippen LogP contribution in [0.4, 0.5) is 0 Å². The van der Waals surface area contributed by atoms with E-state index in [1.807, 2.05) is 42.5 Å².